The lowest BCUT2D eigenvalue weighted by Gasteiger charge is -2.65. The van der Waals surface area contributed by atoms with E-state index in [-0.39, 0.29) is 36.0 Å². The minimum absolute atomic E-state index is 0.0449. The number of nitrogens with zero attached hydrogens (tertiary/aromatic N) is 2. The SMILES string of the molecule is COc1ccc2c3c1O[C@H]1[C@H](N(CC(C)C)C(=O)/C=C/c4ccoc4)CC[C@@]4(OC(C)=O)[C@@H](C2)N(CC2CC2)CC[C@]314. The number of hydrogen-bond acceptors (Lipinski definition) is 7. The van der Waals surface area contributed by atoms with E-state index in [1.54, 1.807) is 32.6 Å². The van der Waals surface area contributed by atoms with Gasteiger partial charge in [-0.3, -0.25) is 14.5 Å². The number of amides is 1. The Labute approximate surface area is 248 Å². The molecule has 3 heterocycles. The zero-order valence-corrected chi connectivity index (χ0v) is 25.1. The second-order valence-corrected chi connectivity index (χ2v) is 13.4. The van der Waals surface area contributed by atoms with Gasteiger partial charge in [0.2, 0.25) is 5.91 Å². The molecule has 2 aromatic rings. The van der Waals surface area contributed by atoms with Gasteiger partial charge >= 0.3 is 5.97 Å². The fourth-order valence-corrected chi connectivity index (χ4v) is 8.77. The number of furan rings is 1. The van der Waals surface area contributed by atoms with Gasteiger partial charge in [0.25, 0.3) is 0 Å². The topological polar surface area (TPSA) is 81.5 Å². The van der Waals surface area contributed by atoms with Crippen molar-refractivity contribution >= 4 is 18.0 Å². The second-order valence-electron chi connectivity index (χ2n) is 13.4. The molecule has 3 aliphatic carbocycles. The van der Waals surface area contributed by atoms with Gasteiger partial charge in [-0.2, -0.15) is 0 Å². The number of carbonyl (C=O) groups excluding carboxylic acids is 2. The van der Waals surface area contributed by atoms with E-state index in [9.17, 15) is 9.59 Å². The van der Waals surface area contributed by atoms with Gasteiger partial charge in [-0.05, 0) is 80.7 Å². The van der Waals surface area contributed by atoms with Crippen molar-refractivity contribution < 1.29 is 28.2 Å². The van der Waals surface area contributed by atoms with Crippen LogP contribution in [0.2, 0.25) is 0 Å². The second kappa shape index (κ2) is 10.2. The first-order valence-electron chi connectivity index (χ1n) is 15.6. The Kier molecular flexibility index (Phi) is 6.68. The van der Waals surface area contributed by atoms with E-state index in [2.05, 4.69) is 24.8 Å². The molecule has 1 saturated heterocycles. The number of esters is 1. The molecule has 5 atom stereocenters. The van der Waals surface area contributed by atoms with Crippen molar-refractivity contribution in [2.24, 2.45) is 11.8 Å². The average Bonchev–Trinajstić information content (AvgIpc) is 3.47. The smallest absolute Gasteiger partial charge is 0.303 e. The maximum atomic E-state index is 14.0. The highest BCUT2D eigenvalue weighted by molar-refractivity contribution is 5.92. The van der Waals surface area contributed by atoms with Crippen molar-refractivity contribution in [2.45, 2.75) is 88.5 Å². The van der Waals surface area contributed by atoms with E-state index >= 15 is 0 Å². The van der Waals surface area contributed by atoms with Crippen LogP contribution in [0.4, 0.5) is 0 Å². The molecule has 8 heteroatoms. The number of benzene rings is 1. The third-order valence-electron chi connectivity index (χ3n) is 10.4. The van der Waals surface area contributed by atoms with Crippen LogP contribution in [0.15, 0.2) is 41.2 Å². The van der Waals surface area contributed by atoms with Crippen LogP contribution in [0, 0.1) is 11.8 Å². The maximum absolute atomic E-state index is 14.0. The fraction of sp³-hybridized carbons (Fsp3) is 0.588. The van der Waals surface area contributed by atoms with Crippen LogP contribution < -0.4 is 9.47 Å². The predicted octanol–water partition coefficient (Wildman–Crippen LogP) is 4.99. The molecule has 0 unspecified atom stereocenters. The molecule has 8 nitrogen and oxygen atoms in total. The summed E-state index contributed by atoms with van der Waals surface area (Å²) in [5.74, 6) is 2.17. The molecule has 0 N–H and O–H groups in total. The van der Waals surface area contributed by atoms with Gasteiger partial charge in [-0.15, -0.1) is 0 Å². The van der Waals surface area contributed by atoms with Crippen LogP contribution in [-0.4, -0.2) is 72.2 Å². The van der Waals surface area contributed by atoms with Crippen molar-refractivity contribution in [1.29, 1.82) is 0 Å². The molecule has 1 amide bonds. The highest BCUT2D eigenvalue weighted by Crippen LogP contribution is 2.67. The van der Waals surface area contributed by atoms with Crippen LogP contribution in [0.1, 0.15) is 69.6 Å². The Bertz CT molecular complexity index is 1400. The largest absolute Gasteiger partial charge is 0.493 e. The van der Waals surface area contributed by atoms with Crippen molar-refractivity contribution in [3.63, 3.8) is 0 Å². The van der Waals surface area contributed by atoms with E-state index < -0.39 is 11.0 Å². The van der Waals surface area contributed by atoms with Gasteiger partial charge in [-0.1, -0.05) is 19.9 Å². The minimum Gasteiger partial charge on any atom is -0.493 e. The molecule has 1 spiro atoms. The summed E-state index contributed by atoms with van der Waals surface area (Å²) in [6.07, 6.45) is 11.9. The van der Waals surface area contributed by atoms with E-state index in [1.165, 1.54) is 18.4 Å². The van der Waals surface area contributed by atoms with Crippen LogP contribution in [0.5, 0.6) is 11.5 Å². The summed E-state index contributed by atoms with van der Waals surface area (Å²) in [5, 5.41) is 0. The molecule has 2 aliphatic heterocycles. The van der Waals surface area contributed by atoms with Gasteiger partial charge in [0.05, 0.1) is 37.1 Å². The average molecular weight is 575 g/mol. The number of hydrogen-bond donors (Lipinski definition) is 0. The molecule has 42 heavy (non-hydrogen) atoms. The summed E-state index contributed by atoms with van der Waals surface area (Å²) in [7, 11) is 1.68. The molecular formula is C34H42N2O6. The van der Waals surface area contributed by atoms with Gasteiger partial charge in [-0.25, -0.2) is 0 Å². The molecule has 2 bridgehead atoms. The van der Waals surface area contributed by atoms with E-state index in [0.717, 1.165) is 48.7 Å². The zero-order chi connectivity index (χ0) is 29.2. The molecule has 7 rings (SSSR count). The standard InChI is InChI=1S/C34H42N2O6/c1-21(2)18-36(29(38)10-7-24-12-16-40-20-24)26-11-13-34(42-22(3)37)28-17-25-8-9-27(39-4)31-30(25)33(34,32(26)41-31)14-15-35(28)19-23-5-6-23/h7-10,12,16,20-21,23,26,28,32H,5-6,11,13-15,17-19H2,1-4H3/b10-7+/t26-,28-,32+,33+,34-/m1/s1. The van der Waals surface area contributed by atoms with Crippen LogP contribution in [0.25, 0.3) is 6.08 Å². The predicted molar refractivity (Wildman–Crippen MR) is 157 cm³/mol. The first kappa shape index (κ1) is 27.6. The molecule has 2 saturated carbocycles. The number of rotatable bonds is 9. The molecular weight excluding hydrogens is 532 g/mol. The number of methoxy groups -OCH3 is 1. The summed E-state index contributed by atoms with van der Waals surface area (Å²) >= 11 is 0. The highest BCUT2D eigenvalue weighted by atomic mass is 16.6. The Morgan fingerprint density at radius 2 is 2.02 bits per heavy atom. The summed E-state index contributed by atoms with van der Waals surface area (Å²) in [6.45, 7) is 8.40. The molecule has 0 radical (unpaired) electrons. The Balaban J connectivity index is 1.36. The third kappa shape index (κ3) is 4.12. The van der Waals surface area contributed by atoms with Crippen LogP contribution >= 0.6 is 0 Å². The first-order chi connectivity index (χ1) is 20.3. The molecule has 3 fully saturated rings. The summed E-state index contributed by atoms with van der Waals surface area (Å²) < 4.78 is 24.7. The zero-order valence-electron chi connectivity index (χ0n) is 25.1. The number of ether oxygens (including phenoxy) is 3. The molecule has 1 aromatic carbocycles. The van der Waals surface area contributed by atoms with Crippen molar-refractivity contribution in [3.8, 4) is 11.5 Å². The van der Waals surface area contributed by atoms with Gasteiger partial charge in [0, 0.05) is 37.2 Å². The van der Waals surface area contributed by atoms with Gasteiger partial charge in [0.15, 0.2) is 11.5 Å². The first-order valence-corrected chi connectivity index (χ1v) is 15.6. The van der Waals surface area contributed by atoms with Gasteiger partial charge in [0.1, 0.15) is 11.7 Å². The summed E-state index contributed by atoms with van der Waals surface area (Å²) in [6, 6.07) is 5.93. The number of piperidine rings is 1. The third-order valence-corrected chi connectivity index (χ3v) is 10.4. The molecule has 5 aliphatic rings. The van der Waals surface area contributed by atoms with Crippen molar-refractivity contribution in [2.75, 3.05) is 26.7 Å². The Morgan fingerprint density at radius 1 is 1.19 bits per heavy atom. The lowest BCUT2D eigenvalue weighted by Crippen LogP contribution is -2.79. The van der Waals surface area contributed by atoms with Crippen LogP contribution in [-0.2, 0) is 26.2 Å². The fourth-order valence-electron chi connectivity index (χ4n) is 8.77. The highest BCUT2D eigenvalue weighted by Gasteiger charge is 2.75. The summed E-state index contributed by atoms with van der Waals surface area (Å²) in [4.78, 5) is 31.6. The Hall–Kier alpha value is -3.26. The quantitative estimate of drug-likeness (QED) is 0.308. The Morgan fingerprint density at radius 3 is 2.71 bits per heavy atom. The molecule has 224 valence electrons. The lowest BCUT2D eigenvalue weighted by atomic mass is 9.48. The van der Waals surface area contributed by atoms with Crippen LogP contribution in [0.3, 0.4) is 0 Å². The van der Waals surface area contributed by atoms with E-state index in [1.807, 2.05) is 23.1 Å². The number of likely N-dealkylation sites (tertiary alicyclic amines) is 1. The lowest BCUT2D eigenvalue weighted by molar-refractivity contribution is -0.224. The maximum Gasteiger partial charge on any atom is 0.303 e. The van der Waals surface area contributed by atoms with Crippen molar-refractivity contribution in [3.05, 3.63) is 53.5 Å². The van der Waals surface area contributed by atoms with E-state index in [4.69, 9.17) is 18.6 Å². The van der Waals surface area contributed by atoms with Gasteiger partial charge < -0.3 is 23.5 Å². The van der Waals surface area contributed by atoms with E-state index in [0.29, 0.717) is 25.1 Å². The summed E-state index contributed by atoms with van der Waals surface area (Å²) in [5.41, 5.74) is 1.96. The minimum atomic E-state index is -0.725. The normalized spacial score (nSPS) is 31.1. The number of carbonyl (C=O) groups is 2. The monoisotopic (exact) mass is 574 g/mol. The molecule has 1 aromatic heterocycles. The van der Waals surface area contributed by atoms with Crippen molar-refractivity contribution in [1.82, 2.24) is 9.80 Å².